The minimum Gasteiger partial charge on any atom is -0.507 e. The van der Waals surface area contributed by atoms with Crippen molar-refractivity contribution in [2.24, 2.45) is 0 Å². The first-order chi connectivity index (χ1) is 7.91. The molecule has 0 aromatic heterocycles. The van der Waals surface area contributed by atoms with Crippen LogP contribution in [0.3, 0.4) is 0 Å². The van der Waals surface area contributed by atoms with Crippen molar-refractivity contribution in [1.82, 2.24) is 5.32 Å². The van der Waals surface area contributed by atoms with E-state index in [-0.39, 0.29) is 21.4 Å². The van der Waals surface area contributed by atoms with Gasteiger partial charge in [-0.05, 0) is 25.5 Å². The molecule has 94 valence electrons. The molecule has 1 aromatic rings. The van der Waals surface area contributed by atoms with Gasteiger partial charge < -0.3 is 15.5 Å². The van der Waals surface area contributed by atoms with Gasteiger partial charge in [0.15, 0.2) is 0 Å². The molecule has 1 atom stereocenters. The Morgan fingerprint density at radius 1 is 1.47 bits per heavy atom. The molecule has 0 aliphatic heterocycles. The quantitative estimate of drug-likeness (QED) is 0.790. The number of aromatic hydroxyl groups is 1. The fourth-order valence-electron chi connectivity index (χ4n) is 1.27. The lowest BCUT2D eigenvalue weighted by Crippen LogP contribution is -2.26. The summed E-state index contributed by atoms with van der Waals surface area (Å²) in [5.41, 5.74) is -0.0124. The summed E-state index contributed by atoms with van der Waals surface area (Å²) in [6, 6.07) is 2.63. The normalized spacial score (nSPS) is 12.2. The van der Waals surface area contributed by atoms with Gasteiger partial charge in [0.2, 0.25) is 0 Å². The van der Waals surface area contributed by atoms with Crippen LogP contribution >= 0.6 is 23.2 Å². The second kappa shape index (κ2) is 6.10. The third kappa shape index (κ3) is 4.07. The SMILES string of the molecule is CC(O)CCNC(=O)c1c(O)cc(Cl)cc1Cl. The Bertz CT molecular complexity index is 398. The van der Waals surface area contributed by atoms with Crippen molar-refractivity contribution in [3.8, 4) is 5.75 Å². The molecule has 0 saturated heterocycles. The van der Waals surface area contributed by atoms with Crippen LogP contribution in [0, 0.1) is 0 Å². The molecule has 0 aliphatic rings. The number of phenols is 1. The minimum absolute atomic E-state index is 0.0124. The fraction of sp³-hybridized carbons (Fsp3) is 0.364. The predicted molar refractivity (Wildman–Crippen MR) is 66.8 cm³/mol. The van der Waals surface area contributed by atoms with Gasteiger partial charge in [-0.3, -0.25) is 4.79 Å². The van der Waals surface area contributed by atoms with Gasteiger partial charge in [-0.25, -0.2) is 0 Å². The molecule has 17 heavy (non-hydrogen) atoms. The standard InChI is InChI=1S/C11H13Cl2NO3/c1-6(15)2-3-14-11(17)10-8(13)4-7(12)5-9(10)16/h4-6,15-16H,2-3H2,1H3,(H,14,17). The summed E-state index contributed by atoms with van der Waals surface area (Å²) in [6.45, 7) is 1.92. The summed E-state index contributed by atoms with van der Waals surface area (Å²) in [6.07, 6.45) is -0.0675. The maximum absolute atomic E-state index is 11.7. The van der Waals surface area contributed by atoms with Gasteiger partial charge in [-0.15, -0.1) is 0 Å². The highest BCUT2D eigenvalue weighted by Crippen LogP contribution is 2.29. The Morgan fingerprint density at radius 2 is 2.12 bits per heavy atom. The highest BCUT2D eigenvalue weighted by Gasteiger charge is 2.16. The second-order valence-electron chi connectivity index (χ2n) is 3.68. The smallest absolute Gasteiger partial charge is 0.256 e. The van der Waals surface area contributed by atoms with Crippen LogP contribution in [0.4, 0.5) is 0 Å². The maximum atomic E-state index is 11.7. The third-order valence-corrected chi connectivity index (χ3v) is 2.63. The zero-order chi connectivity index (χ0) is 13.0. The van der Waals surface area contributed by atoms with Crippen LogP contribution in [-0.2, 0) is 0 Å². The number of nitrogens with one attached hydrogen (secondary N) is 1. The van der Waals surface area contributed by atoms with Gasteiger partial charge in [0, 0.05) is 11.6 Å². The van der Waals surface area contributed by atoms with Crippen LogP contribution in [0.15, 0.2) is 12.1 Å². The third-order valence-electron chi connectivity index (χ3n) is 2.11. The summed E-state index contributed by atoms with van der Waals surface area (Å²) < 4.78 is 0. The van der Waals surface area contributed by atoms with Crippen LogP contribution < -0.4 is 5.32 Å². The van der Waals surface area contributed by atoms with Crippen molar-refractivity contribution in [2.45, 2.75) is 19.4 Å². The van der Waals surface area contributed by atoms with Gasteiger partial charge in [0.25, 0.3) is 5.91 Å². The van der Waals surface area contributed by atoms with Crippen molar-refractivity contribution in [2.75, 3.05) is 6.54 Å². The highest BCUT2D eigenvalue weighted by molar-refractivity contribution is 6.37. The molecule has 1 aromatic carbocycles. The summed E-state index contributed by atoms with van der Waals surface area (Å²) in [4.78, 5) is 11.7. The number of rotatable bonds is 4. The van der Waals surface area contributed by atoms with E-state index in [4.69, 9.17) is 28.3 Å². The van der Waals surface area contributed by atoms with E-state index < -0.39 is 12.0 Å². The first-order valence-electron chi connectivity index (χ1n) is 5.06. The molecule has 1 amide bonds. The number of benzene rings is 1. The monoisotopic (exact) mass is 277 g/mol. The number of halogens is 2. The van der Waals surface area contributed by atoms with Crippen molar-refractivity contribution >= 4 is 29.1 Å². The molecular weight excluding hydrogens is 265 g/mol. The van der Waals surface area contributed by atoms with Crippen molar-refractivity contribution < 1.29 is 15.0 Å². The van der Waals surface area contributed by atoms with E-state index in [0.717, 1.165) is 0 Å². The molecule has 3 N–H and O–H groups in total. The van der Waals surface area contributed by atoms with E-state index in [2.05, 4.69) is 5.32 Å². The lowest BCUT2D eigenvalue weighted by molar-refractivity contribution is 0.0943. The predicted octanol–water partition coefficient (Wildman–Crippen LogP) is 2.20. The van der Waals surface area contributed by atoms with Crippen molar-refractivity contribution in [3.63, 3.8) is 0 Å². The number of aliphatic hydroxyl groups is 1. The van der Waals surface area contributed by atoms with Gasteiger partial charge in [-0.2, -0.15) is 0 Å². The fourth-order valence-corrected chi connectivity index (χ4v) is 1.84. The Labute approximate surface area is 109 Å². The largest absolute Gasteiger partial charge is 0.507 e. The Kier molecular flexibility index (Phi) is 5.05. The first-order valence-corrected chi connectivity index (χ1v) is 5.81. The van der Waals surface area contributed by atoms with E-state index in [0.29, 0.717) is 13.0 Å². The Balaban J connectivity index is 2.76. The van der Waals surface area contributed by atoms with E-state index in [9.17, 15) is 9.90 Å². The summed E-state index contributed by atoms with van der Waals surface area (Å²) in [5.74, 6) is -0.762. The van der Waals surface area contributed by atoms with Gasteiger partial charge in [0.1, 0.15) is 5.75 Å². The zero-order valence-corrected chi connectivity index (χ0v) is 10.7. The highest BCUT2D eigenvalue weighted by atomic mass is 35.5. The molecule has 0 saturated carbocycles. The van der Waals surface area contributed by atoms with Crippen LogP contribution in [0.1, 0.15) is 23.7 Å². The maximum Gasteiger partial charge on any atom is 0.256 e. The second-order valence-corrected chi connectivity index (χ2v) is 4.52. The van der Waals surface area contributed by atoms with E-state index >= 15 is 0 Å². The number of carbonyl (C=O) groups excluding carboxylic acids is 1. The number of carbonyl (C=O) groups is 1. The average molecular weight is 278 g/mol. The summed E-state index contributed by atoms with van der Waals surface area (Å²) >= 11 is 11.5. The van der Waals surface area contributed by atoms with E-state index in [1.807, 2.05) is 0 Å². The number of phenolic OH excluding ortho intramolecular Hbond substituents is 1. The molecule has 0 spiro atoms. The van der Waals surface area contributed by atoms with Gasteiger partial charge >= 0.3 is 0 Å². The van der Waals surface area contributed by atoms with Crippen molar-refractivity contribution in [1.29, 1.82) is 0 Å². The van der Waals surface area contributed by atoms with Gasteiger partial charge in [-0.1, -0.05) is 23.2 Å². The molecule has 0 bridgehead atoms. The van der Waals surface area contributed by atoms with Crippen molar-refractivity contribution in [3.05, 3.63) is 27.7 Å². The molecule has 0 heterocycles. The molecule has 0 radical (unpaired) electrons. The van der Waals surface area contributed by atoms with E-state index in [1.165, 1.54) is 12.1 Å². The molecule has 4 nitrogen and oxygen atoms in total. The molecule has 6 heteroatoms. The molecule has 1 unspecified atom stereocenters. The summed E-state index contributed by atoms with van der Waals surface area (Å²) in [7, 11) is 0. The Morgan fingerprint density at radius 3 is 2.65 bits per heavy atom. The number of amides is 1. The van der Waals surface area contributed by atoms with E-state index in [1.54, 1.807) is 6.92 Å². The van der Waals surface area contributed by atoms with Gasteiger partial charge in [0.05, 0.1) is 16.7 Å². The molecular formula is C11H13Cl2NO3. The minimum atomic E-state index is -0.496. The van der Waals surface area contributed by atoms with Crippen LogP contribution in [-0.4, -0.2) is 28.8 Å². The van der Waals surface area contributed by atoms with Crippen LogP contribution in [0.25, 0.3) is 0 Å². The molecule has 1 rings (SSSR count). The Hall–Kier alpha value is -0.970. The zero-order valence-electron chi connectivity index (χ0n) is 9.20. The molecule has 0 aliphatic carbocycles. The number of aliphatic hydroxyl groups excluding tert-OH is 1. The number of hydrogen-bond acceptors (Lipinski definition) is 3. The number of hydrogen-bond donors (Lipinski definition) is 3. The lowest BCUT2D eigenvalue weighted by Gasteiger charge is -2.09. The van der Waals surface area contributed by atoms with Crippen LogP contribution in [0.2, 0.25) is 10.0 Å². The van der Waals surface area contributed by atoms with Crippen LogP contribution in [0.5, 0.6) is 5.75 Å². The lowest BCUT2D eigenvalue weighted by atomic mass is 10.2. The average Bonchev–Trinajstić information content (AvgIpc) is 2.14. The first kappa shape index (κ1) is 14.1. The topological polar surface area (TPSA) is 69.6 Å². The summed E-state index contributed by atoms with van der Waals surface area (Å²) in [5, 5.41) is 21.5. The molecule has 0 fully saturated rings.